The normalized spacial score (nSPS) is 11.7. The van der Waals surface area contributed by atoms with Gasteiger partial charge in [0, 0.05) is 16.2 Å². The Labute approximate surface area is 176 Å². The number of benzene rings is 2. The smallest absolute Gasteiger partial charge is 0.340 e. The van der Waals surface area contributed by atoms with Crippen molar-refractivity contribution in [1.29, 1.82) is 0 Å². The number of rotatable bonds is 5. The van der Waals surface area contributed by atoms with Crippen LogP contribution in [0, 0.1) is 5.82 Å². The topological polar surface area (TPSA) is 62.2 Å². The van der Waals surface area contributed by atoms with Gasteiger partial charge in [-0.25, -0.2) is 9.82 Å². The van der Waals surface area contributed by atoms with E-state index in [9.17, 15) is 17.6 Å². The summed E-state index contributed by atoms with van der Waals surface area (Å²) in [7, 11) is 0. The van der Waals surface area contributed by atoms with Crippen LogP contribution in [0.15, 0.2) is 58.1 Å². The highest BCUT2D eigenvalue weighted by atomic mass is 79.9. The number of alkyl halides is 3. The highest BCUT2D eigenvalue weighted by molar-refractivity contribution is 9.10. The van der Waals surface area contributed by atoms with Crippen LogP contribution >= 0.6 is 27.5 Å². The lowest BCUT2D eigenvalue weighted by molar-refractivity contribution is -0.140. The molecule has 3 aromatic rings. The van der Waals surface area contributed by atoms with Gasteiger partial charge in [-0.15, -0.1) is 0 Å². The van der Waals surface area contributed by atoms with E-state index >= 15 is 0 Å². The lowest BCUT2D eigenvalue weighted by Gasteiger charge is -2.09. The molecule has 0 aliphatic rings. The zero-order valence-corrected chi connectivity index (χ0v) is 16.6. The summed E-state index contributed by atoms with van der Waals surface area (Å²) < 4.78 is 52.5. The summed E-state index contributed by atoms with van der Waals surface area (Å²) in [4.78, 5) is 8.11. The molecular weight excluding hydrogens is 478 g/mol. The Morgan fingerprint density at radius 2 is 1.86 bits per heavy atom. The van der Waals surface area contributed by atoms with E-state index in [2.05, 4.69) is 41.7 Å². The van der Waals surface area contributed by atoms with Gasteiger partial charge in [0.05, 0.1) is 11.8 Å². The molecule has 0 unspecified atom stereocenters. The Bertz CT molecular complexity index is 1060. The second-order valence-corrected chi connectivity index (χ2v) is 6.94. The standard InChI is InChI=1S/C18H11BrClF4N5/c19-11-2-1-3-12(7-11)26-16-8-15(20)27-17(28-16)29-25-9-10-4-5-14(21)13(6-10)18(22,23)24/h1-9H,(H2,26,27,28,29)/b25-9+. The van der Waals surface area contributed by atoms with Crippen LogP contribution in [0.5, 0.6) is 0 Å². The fourth-order valence-corrected chi connectivity index (χ4v) is 2.83. The molecule has 2 aromatic carbocycles. The number of hydrazone groups is 1. The van der Waals surface area contributed by atoms with E-state index in [4.69, 9.17) is 11.6 Å². The summed E-state index contributed by atoms with van der Waals surface area (Å²) in [6.07, 6.45) is -3.72. The molecule has 0 radical (unpaired) electrons. The number of nitrogens with one attached hydrogen (secondary N) is 2. The average Bonchev–Trinajstić information content (AvgIpc) is 2.62. The lowest BCUT2D eigenvalue weighted by atomic mass is 10.1. The monoisotopic (exact) mass is 487 g/mol. The summed E-state index contributed by atoms with van der Waals surface area (Å²) >= 11 is 9.33. The molecule has 1 aromatic heterocycles. The van der Waals surface area contributed by atoms with Gasteiger partial charge < -0.3 is 5.32 Å². The van der Waals surface area contributed by atoms with E-state index in [-0.39, 0.29) is 16.7 Å². The van der Waals surface area contributed by atoms with Crippen LogP contribution in [0.4, 0.5) is 35.0 Å². The third kappa shape index (κ3) is 5.88. The van der Waals surface area contributed by atoms with Gasteiger partial charge in [0.1, 0.15) is 16.8 Å². The molecule has 3 rings (SSSR count). The van der Waals surface area contributed by atoms with Gasteiger partial charge in [-0.3, -0.25) is 0 Å². The maximum absolute atomic E-state index is 13.3. The first-order valence-corrected chi connectivity index (χ1v) is 9.11. The molecule has 11 heteroatoms. The Balaban J connectivity index is 1.75. The van der Waals surface area contributed by atoms with E-state index in [1.54, 1.807) is 0 Å². The lowest BCUT2D eigenvalue weighted by Crippen LogP contribution is -2.08. The molecule has 2 N–H and O–H groups in total. The predicted octanol–water partition coefficient (Wildman–Crippen LogP) is 6.24. The maximum atomic E-state index is 13.3. The van der Waals surface area contributed by atoms with Crippen molar-refractivity contribution in [2.75, 3.05) is 10.7 Å². The van der Waals surface area contributed by atoms with Crippen molar-refractivity contribution in [1.82, 2.24) is 9.97 Å². The molecule has 0 atom stereocenters. The van der Waals surface area contributed by atoms with Crippen LogP contribution < -0.4 is 10.7 Å². The van der Waals surface area contributed by atoms with E-state index in [0.29, 0.717) is 11.9 Å². The molecule has 29 heavy (non-hydrogen) atoms. The number of hydrogen-bond acceptors (Lipinski definition) is 5. The van der Waals surface area contributed by atoms with Gasteiger partial charge in [0.2, 0.25) is 5.95 Å². The van der Waals surface area contributed by atoms with E-state index in [1.165, 1.54) is 6.07 Å². The van der Waals surface area contributed by atoms with Gasteiger partial charge in [-0.2, -0.15) is 28.2 Å². The zero-order valence-electron chi connectivity index (χ0n) is 14.3. The second kappa shape index (κ2) is 8.75. The first kappa shape index (κ1) is 21.0. The van der Waals surface area contributed by atoms with Crippen LogP contribution in [0.1, 0.15) is 11.1 Å². The predicted molar refractivity (Wildman–Crippen MR) is 107 cm³/mol. The molecule has 0 bridgehead atoms. The highest BCUT2D eigenvalue weighted by Gasteiger charge is 2.34. The molecule has 0 saturated heterocycles. The number of nitrogens with zero attached hydrogens (tertiary/aromatic N) is 3. The Morgan fingerprint density at radius 3 is 2.59 bits per heavy atom. The summed E-state index contributed by atoms with van der Waals surface area (Å²) in [5.74, 6) is -0.963. The summed E-state index contributed by atoms with van der Waals surface area (Å²) in [5, 5.41) is 6.95. The third-order valence-electron chi connectivity index (χ3n) is 3.47. The van der Waals surface area contributed by atoms with Crippen molar-refractivity contribution < 1.29 is 17.6 Å². The van der Waals surface area contributed by atoms with Crippen LogP contribution in [0.3, 0.4) is 0 Å². The first-order valence-electron chi connectivity index (χ1n) is 7.94. The fourth-order valence-electron chi connectivity index (χ4n) is 2.25. The number of hydrogen-bond donors (Lipinski definition) is 2. The maximum Gasteiger partial charge on any atom is 0.419 e. The molecular formula is C18H11BrClF4N5. The number of aromatic nitrogens is 2. The quantitative estimate of drug-likeness (QED) is 0.193. The van der Waals surface area contributed by atoms with Gasteiger partial charge in [0.25, 0.3) is 0 Å². The number of halogens is 6. The van der Waals surface area contributed by atoms with E-state index in [0.717, 1.165) is 28.5 Å². The molecule has 5 nitrogen and oxygen atoms in total. The molecule has 0 aliphatic heterocycles. The van der Waals surface area contributed by atoms with Crippen molar-refractivity contribution in [2.24, 2.45) is 5.10 Å². The fraction of sp³-hybridized carbons (Fsp3) is 0.0556. The summed E-state index contributed by atoms with van der Waals surface area (Å²) in [5.41, 5.74) is 1.90. The zero-order chi connectivity index (χ0) is 21.0. The minimum atomic E-state index is -4.80. The third-order valence-corrected chi connectivity index (χ3v) is 4.15. The SMILES string of the molecule is Fc1ccc(/C=N/Nc2nc(Cl)cc(Nc3cccc(Br)c3)n2)cc1C(F)(F)F. The van der Waals surface area contributed by atoms with Crippen LogP contribution in [-0.2, 0) is 6.18 Å². The van der Waals surface area contributed by atoms with Crippen molar-refractivity contribution in [3.05, 3.63) is 75.1 Å². The van der Waals surface area contributed by atoms with Gasteiger partial charge in [-0.1, -0.05) is 39.7 Å². The second-order valence-electron chi connectivity index (χ2n) is 5.64. The Kier molecular flexibility index (Phi) is 6.33. The van der Waals surface area contributed by atoms with Crippen LogP contribution in [-0.4, -0.2) is 16.2 Å². The van der Waals surface area contributed by atoms with Gasteiger partial charge in [-0.05, 0) is 35.9 Å². The number of anilines is 3. The molecule has 1 heterocycles. The summed E-state index contributed by atoms with van der Waals surface area (Å²) in [6.45, 7) is 0. The van der Waals surface area contributed by atoms with Gasteiger partial charge >= 0.3 is 6.18 Å². The largest absolute Gasteiger partial charge is 0.419 e. The van der Waals surface area contributed by atoms with E-state index < -0.39 is 17.6 Å². The summed E-state index contributed by atoms with van der Waals surface area (Å²) in [6, 6.07) is 11.4. The van der Waals surface area contributed by atoms with Crippen LogP contribution in [0.25, 0.3) is 0 Å². The van der Waals surface area contributed by atoms with Gasteiger partial charge in [0.15, 0.2) is 0 Å². The first-order chi connectivity index (χ1) is 13.7. The molecule has 0 amide bonds. The Morgan fingerprint density at radius 1 is 1.07 bits per heavy atom. The molecule has 0 aliphatic carbocycles. The minimum absolute atomic E-state index is 0.0180. The van der Waals surface area contributed by atoms with Crippen molar-refractivity contribution >= 4 is 51.2 Å². The molecule has 150 valence electrons. The molecule has 0 spiro atoms. The average molecular weight is 489 g/mol. The Hall–Kier alpha value is -2.72. The highest BCUT2D eigenvalue weighted by Crippen LogP contribution is 2.31. The van der Waals surface area contributed by atoms with Crippen LogP contribution in [0.2, 0.25) is 5.15 Å². The van der Waals surface area contributed by atoms with E-state index in [1.807, 2.05) is 24.3 Å². The van der Waals surface area contributed by atoms with Crippen molar-refractivity contribution in [2.45, 2.75) is 6.18 Å². The minimum Gasteiger partial charge on any atom is -0.340 e. The molecule has 0 fully saturated rings. The van der Waals surface area contributed by atoms with Crippen molar-refractivity contribution in [3.63, 3.8) is 0 Å². The molecule has 0 saturated carbocycles. The van der Waals surface area contributed by atoms with Crippen molar-refractivity contribution in [3.8, 4) is 0 Å².